The Morgan fingerprint density at radius 1 is 1.33 bits per heavy atom. The number of nitrogens with zero attached hydrogens (tertiary/aromatic N) is 1. The van der Waals surface area contributed by atoms with Crippen LogP contribution in [0.5, 0.6) is 0 Å². The van der Waals surface area contributed by atoms with Gasteiger partial charge in [0.25, 0.3) is 0 Å². The van der Waals surface area contributed by atoms with Gasteiger partial charge < -0.3 is 9.30 Å². The lowest BCUT2D eigenvalue weighted by atomic mass is 9.82. The second-order valence-corrected chi connectivity index (χ2v) is 7.25. The van der Waals surface area contributed by atoms with Gasteiger partial charge in [-0.3, -0.25) is 4.79 Å². The van der Waals surface area contributed by atoms with Crippen LogP contribution in [0.1, 0.15) is 53.6 Å². The summed E-state index contributed by atoms with van der Waals surface area (Å²) < 4.78 is 21.2. The Bertz CT molecular complexity index is 892. The van der Waals surface area contributed by atoms with Gasteiger partial charge in [0.1, 0.15) is 18.0 Å². The van der Waals surface area contributed by atoms with Crippen molar-refractivity contribution in [3.63, 3.8) is 0 Å². The maximum absolute atomic E-state index is 14.1. The molecule has 6 heteroatoms. The molecule has 2 unspecified atom stereocenters. The average Bonchev–Trinajstić information content (AvgIpc) is 2.90. The number of fused-ring (bicyclic) bond motifs is 3. The molecule has 0 N–H and O–H groups in total. The fourth-order valence-corrected chi connectivity index (χ4v) is 4.36. The van der Waals surface area contributed by atoms with Crippen LogP contribution in [0.25, 0.3) is 10.9 Å². The minimum Gasteiger partial charge on any atom is -0.461 e. The summed E-state index contributed by atoms with van der Waals surface area (Å²) in [6.07, 6.45) is 5.81. The predicted octanol–water partition coefficient (Wildman–Crippen LogP) is 3.90. The fraction of sp³-hybridized carbons (Fsp3) is 0.444. The van der Waals surface area contributed by atoms with Gasteiger partial charge in [-0.15, -0.1) is 0 Å². The Morgan fingerprint density at radius 3 is 2.92 bits per heavy atom. The summed E-state index contributed by atoms with van der Waals surface area (Å²) in [5.74, 6) is -0.835. The standard InChI is InChI=1S/C18H17BrFNO3/c19-5-6-24-18(23)14-9-21-15-4-2-1-3-11(15)12-7-10(20)8-13(16(12)21)17(14)22/h7-9,11,15H,1-6H2. The van der Waals surface area contributed by atoms with Gasteiger partial charge in [0.2, 0.25) is 5.43 Å². The van der Waals surface area contributed by atoms with Gasteiger partial charge in [0.15, 0.2) is 0 Å². The van der Waals surface area contributed by atoms with E-state index < -0.39 is 17.2 Å². The van der Waals surface area contributed by atoms with Gasteiger partial charge in [0.05, 0.1) is 5.52 Å². The molecule has 1 aliphatic carbocycles. The number of pyridine rings is 1. The van der Waals surface area contributed by atoms with Crippen LogP contribution < -0.4 is 5.43 Å². The van der Waals surface area contributed by atoms with E-state index in [0.29, 0.717) is 5.33 Å². The van der Waals surface area contributed by atoms with Crippen LogP contribution >= 0.6 is 15.9 Å². The van der Waals surface area contributed by atoms with E-state index >= 15 is 0 Å². The Hall–Kier alpha value is -1.69. The van der Waals surface area contributed by atoms with E-state index in [0.717, 1.165) is 36.8 Å². The predicted molar refractivity (Wildman–Crippen MR) is 92.5 cm³/mol. The molecule has 1 fully saturated rings. The number of aromatic nitrogens is 1. The molecule has 2 aliphatic rings. The fourth-order valence-electron chi connectivity index (χ4n) is 4.19. The molecule has 1 aromatic heterocycles. The first-order valence-electron chi connectivity index (χ1n) is 8.23. The maximum Gasteiger partial charge on any atom is 0.343 e. The lowest BCUT2D eigenvalue weighted by molar-refractivity contribution is 0.0529. The molecule has 2 atom stereocenters. The van der Waals surface area contributed by atoms with Crippen LogP contribution in [0.3, 0.4) is 0 Å². The number of carbonyl (C=O) groups excluding carboxylic acids is 1. The van der Waals surface area contributed by atoms with E-state index in [9.17, 15) is 14.0 Å². The molecule has 1 aromatic carbocycles. The molecule has 4 rings (SSSR count). The third-order valence-corrected chi connectivity index (χ3v) is 5.46. The number of benzene rings is 1. The molecule has 24 heavy (non-hydrogen) atoms. The molecule has 0 radical (unpaired) electrons. The molecule has 1 saturated carbocycles. The number of alkyl halides is 1. The summed E-state index contributed by atoms with van der Waals surface area (Å²) in [4.78, 5) is 25.0. The van der Waals surface area contributed by atoms with E-state index in [1.165, 1.54) is 6.07 Å². The lowest BCUT2D eigenvalue weighted by Crippen LogP contribution is -2.22. The first-order chi connectivity index (χ1) is 11.6. The normalized spacial score (nSPS) is 21.8. The Labute approximate surface area is 146 Å². The second-order valence-electron chi connectivity index (χ2n) is 6.45. The summed E-state index contributed by atoms with van der Waals surface area (Å²) >= 11 is 3.19. The van der Waals surface area contributed by atoms with Crippen molar-refractivity contribution in [2.24, 2.45) is 0 Å². The molecule has 2 aromatic rings. The SMILES string of the molecule is O=C(OCCBr)c1cn2c3c(cc(F)cc3c1=O)C1CCCCC12. The van der Waals surface area contributed by atoms with Crippen molar-refractivity contribution in [2.45, 2.75) is 37.6 Å². The molecule has 0 saturated heterocycles. The number of halogens is 2. The van der Waals surface area contributed by atoms with Crippen molar-refractivity contribution in [2.75, 3.05) is 11.9 Å². The van der Waals surface area contributed by atoms with Crippen molar-refractivity contribution in [3.05, 3.63) is 45.5 Å². The molecule has 126 valence electrons. The van der Waals surface area contributed by atoms with Crippen molar-refractivity contribution in [1.82, 2.24) is 4.57 Å². The summed E-state index contributed by atoms with van der Waals surface area (Å²) in [5.41, 5.74) is 1.24. The van der Waals surface area contributed by atoms with Crippen LogP contribution in [-0.4, -0.2) is 22.5 Å². The maximum atomic E-state index is 14.1. The van der Waals surface area contributed by atoms with Crippen molar-refractivity contribution in [1.29, 1.82) is 0 Å². The zero-order valence-electron chi connectivity index (χ0n) is 13.1. The van der Waals surface area contributed by atoms with E-state index in [2.05, 4.69) is 15.9 Å². The van der Waals surface area contributed by atoms with E-state index in [1.54, 1.807) is 12.3 Å². The zero-order chi connectivity index (χ0) is 16.8. The van der Waals surface area contributed by atoms with E-state index in [4.69, 9.17) is 4.74 Å². The van der Waals surface area contributed by atoms with Gasteiger partial charge >= 0.3 is 5.97 Å². The lowest BCUT2D eigenvalue weighted by Gasteiger charge is -2.27. The third kappa shape index (κ3) is 2.31. The van der Waals surface area contributed by atoms with Crippen molar-refractivity contribution in [3.8, 4) is 0 Å². The van der Waals surface area contributed by atoms with Gasteiger partial charge in [-0.1, -0.05) is 28.8 Å². The quantitative estimate of drug-likeness (QED) is 0.586. The smallest absolute Gasteiger partial charge is 0.343 e. The highest BCUT2D eigenvalue weighted by molar-refractivity contribution is 9.09. The van der Waals surface area contributed by atoms with Crippen LogP contribution in [-0.2, 0) is 4.74 Å². The highest BCUT2D eigenvalue weighted by Crippen LogP contribution is 2.49. The number of ether oxygens (including phenoxy) is 1. The van der Waals surface area contributed by atoms with Crippen LogP contribution in [0, 0.1) is 5.82 Å². The molecule has 2 heterocycles. The molecule has 0 bridgehead atoms. The molecule has 0 amide bonds. The number of hydrogen-bond donors (Lipinski definition) is 0. The molecule has 0 spiro atoms. The number of hydrogen-bond acceptors (Lipinski definition) is 3. The van der Waals surface area contributed by atoms with Crippen LogP contribution in [0.2, 0.25) is 0 Å². The number of rotatable bonds is 3. The summed E-state index contributed by atoms with van der Waals surface area (Å²) in [7, 11) is 0. The highest BCUT2D eigenvalue weighted by atomic mass is 79.9. The Kier molecular flexibility index (Phi) is 3.95. The third-order valence-electron chi connectivity index (χ3n) is 5.14. The zero-order valence-corrected chi connectivity index (χ0v) is 14.6. The number of esters is 1. The molecular formula is C18H17BrFNO3. The highest BCUT2D eigenvalue weighted by Gasteiger charge is 2.37. The van der Waals surface area contributed by atoms with Crippen molar-refractivity contribution < 1.29 is 13.9 Å². The minimum absolute atomic E-state index is 0.00813. The first kappa shape index (κ1) is 15.8. The summed E-state index contributed by atoms with van der Waals surface area (Å²) in [5, 5.41) is 0.789. The minimum atomic E-state index is -0.643. The van der Waals surface area contributed by atoms with Gasteiger partial charge in [-0.25, -0.2) is 9.18 Å². The van der Waals surface area contributed by atoms with Gasteiger partial charge in [-0.05, 0) is 30.5 Å². The second kappa shape index (κ2) is 5.99. The largest absolute Gasteiger partial charge is 0.461 e. The van der Waals surface area contributed by atoms with Gasteiger partial charge in [0, 0.05) is 28.9 Å². The van der Waals surface area contributed by atoms with Crippen LogP contribution in [0.4, 0.5) is 4.39 Å². The number of carbonyl (C=O) groups is 1. The average molecular weight is 394 g/mol. The molecular weight excluding hydrogens is 377 g/mol. The monoisotopic (exact) mass is 393 g/mol. The van der Waals surface area contributed by atoms with Crippen molar-refractivity contribution >= 4 is 32.8 Å². The Balaban J connectivity index is 1.95. The van der Waals surface area contributed by atoms with Gasteiger partial charge in [-0.2, -0.15) is 0 Å². The van der Waals surface area contributed by atoms with Crippen LogP contribution in [0.15, 0.2) is 23.1 Å². The molecule has 1 aliphatic heterocycles. The summed E-state index contributed by atoms with van der Waals surface area (Å²) in [6, 6.07) is 2.99. The first-order valence-corrected chi connectivity index (χ1v) is 9.35. The van der Waals surface area contributed by atoms with E-state index in [-0.39, 0.29) is 29.5 Å². The summed E-state index contributed by atoms with van der Waals surface area (Å²) in [6.45, 7) is 0.191. The van der Waals surface area contributed by atoms with E-state index in [1.807, 2.05) is 4.57 Å². The molecule has 4 nitrogen and oxygen atoms in total. The topological polar surface area (TPSA) is 48.3 Å². The Morgan fingerprint density at radius 2 is 2.12 bits per heavy atom.